The molecular weight excluding hydrogens is 286 g/mol. The van der Waals surface area contributed by atoms with E-state index in [4.69, 9.17) is 0 Å². The second-order valence-corrected chi connectivity index (χ2v) is 7.97. The number of aryl methyl sites for hydroxylation is 1. The lowest BCUT2D eigenvalue weighted by Crippen LogP contribution is -2.36. The molecule has 5 heteroatoms. The molecule has 0 radical (unpaired) electrons. The molecule has 1 aromatic carbocycles. The SMILES string of the molecule is C=C(CC)[C@@H]1CN(S(=O)(=O)c2ccc(C)cc2)C[C@]1(C)O. The first-order valence-corrected chi connectivity index (χ1v) is 8.59. The summed E-state index contributed by atoms with van der Waals surface area (Å²) in [4.78, 5) is 0.270. The third kappa shape index (κ3) is 3.05. The third-order valence-electron chi connectivity index (χ3n) is 4.24. The summed E-state index contributed by atoms with van der Waals surface area (Å²) in [6.45, 7) is 9.93. The Bertz CT molecular complexity index is 632. The summed E-state index contributed by atoms with van der Waals surface area (Å²) in [5.74, 6) is -0.220. The van der Waals surface area contributed by atoms with E-state index < -0.39 is 15.6 Å². The van der Waals surface area contributed by atoms with Crippen LogP contribution < -0.4 is 0 Å². The molecule has 0 saturated carbocycles. The normalized spacial score (nSPS) is 27.0. The fourth-order valence-electron chi connectivity index (χ4n) is 2.79. The van der Waals surface area contributed by atoms with Crippen LogP contribution in [0.25, 0.3) is 0 Å². The molecule has 1 fully saturated rings. The Hall–Kier alpha value is -1.17. The highest BCUT2D eigenvalue weighted by atomic mass is 32.2. The lowest BCUT2D eigenvalue weighted by atomic mass is 9.86. The number of β-amino-alcohol motifs (C(OH)–C–C–N with tert-alkyl or cyclic N) is 1. The van der Waals surface area contributed by atoms with Crippen molar-refractivity contribution in [2.75, 3.05) is 13.1 Å². The summed E-state index contributed by atoms with van der Waals surface area (Å²) in [5.41, 5.74) is 0.839. The van der Waals surface area contributed by atoms with Gasteiger partial charge in [-0.05, 0) is 32.4 Å². The van der Waals surface area contributed by atoms with Crippen LogP contribution in [0.3, 0.4) is 0 Å². The Balaban J connectivity index is 2.31. The summed E-state index contributed by atoms with van der Waals surface area (Å²) in [6, 6.07) is 6.79. The van der Waals surface area contributed by atoms with Gasteiger partial charge in [-0.1, -0.05) is 36.8 Å². The first-order valence-electron chi connectivity index (χ1n) is 7.15. The van der Waals surface area contributed by atoms with Gasteiger partial charge in [0.2, 0.25) is 10.0 Å². The summed E-state index contributed by atoms with van der Waals surface area (Å²) in [6.07, 6.45) is 0.735. The van der Waals surface area contributed by atoms with Gasteiger partial charge in [-0.3, -0.25) is 0 Å². The van der Waals surface area contributed by atoms with Crippen molar-refractivity contribution in [2.24, 2.45) is 5.92 Å². The molecule has 1 aliphatic rings. The standard InChI is InChI=1S/C16H23NO3S/c1-5-13(3)15-10-17(11-16(15,4)18)21(19,20)14-8-6-12(2)7-9-14/h6-9,15,18H,3,5,10-11H2,1-2,4H3/t15-,16-/m0/s1. The van der Waals surface area contributed by atoms with Crippen LogP contribution in [0, 0.1) is 12.8 Å². The van der Waals surface area contributed by atoms with Crippen molar-refractivity contribution in [1.29, 1.82) is 0 Å². The van der Waals surface area contributed by atoms with E-state index in [2.05, 4.69) is 6.58 Å². The van der Waals surface area contributed by atoms with Gasteiger partial charge in [-0.15, -0.1) is 0 Å². The van der Waals surface area contributed by atoms with E-state index >= 15 is 0 Å². The van der Waals surface area contributed by atoms with Crippen molar-refractivity contribution in [1.82, 2.24) is 4.31 Å². The van der Waals surface area contributed by atoms with Crippen molar-refractivity contribution in [2.45, 2.75) is 37.7 Å². The van der Waals surface area contributed by atoms with Crippen LogP contribution >= 0.6 is 0 Å². The fraction of sp³-hybridized carbons (Fsp3) is 0.500. The van der Waals surface area contributed by atoms with Crippen LogP contribution in [-0.2, 0) is 10.0 Å². The first kappa shape index (κ1) is 16.2. The maximum Gasteiger partial charge on any atom is 0.243 e. The van der Waals surface area contributed by atoms with Crippen molar-refractivity contribution in [3.63, 3.8) is 0 Å². The van der Waals surface area contributed by atoms with Gasteiger partial charge in [0.15, 0.2) is 0 Å². The number of benzene rings is 1. The summed E-state index contributed by atoms with van der Waals surface area (Å²) in [7, 11) is -3.57. The molecule has 1 saturated heterocycles. The van der Waals surface area contributed by atoms with Gasteiger partial charge in [0.1, 0.15) is 0 Å². The average Bonchev–Trinajstić information content (AvgIpc) is 2.75. The highest BCUT2D eigenvalue weighted by Gasteiger charge is 2.46. The molecule has 4 nitrogen and oxygen atoms in total. The molecule has 0 spiro atoms. The van der Waals surface area contributed by atoms with Gasteiger partial charge in [-0.2, -0.15) is 4.31 Å². The molecule has 116 valence electrons. The zero-order valence-electron chi connectivity index (χ0n) is 12.8. The quantitative estimate of drug-likeness (QED) is 0.869. The van der Waals surface area contributed by atoms with Crippen LogP contribution in [0.2, 0.25) is 0 Å². The molecule has 0 aliphatic carbocycles. The summed E-state index contributed by atoms with van der Waals surface area (Å²) in [5, 5.41) is 10.5. The lowest BCUT2D eigenvalue weighted by Gasteiger charge is -2.25. The molecular formula is C16H23NO3S. The largest absolute Gasteiger partial charge is 0.388 e. The van der Waals surface area contributed by atoms with Gasteiger partial charge in [0.05, 0.1) is 10.5 Å². The maximum atomic E-state index is 12.7. The van der Waals surface area contributed by atoms with E-state index in [1.807, 2.05) is 13.8 Å². The van der Waals surface area contributed by atoms with E-state index in [1.54, 1.807) is 31.2 Å². The molecule has 1 aliphatic heterocycles. The summed E-state index contributed by atoms with van der Waals surface area (Å²) < 4.78 is 26.7. The third-order valence-corrected chi connectivity index (χ3v) is 6.06. The van der Waals surface area contributed by atoms with Gasteiger partial charge < -0.3 is 5.11 Å². The fourth-order valence-corrected chi connectivity index (χ4v) is 4.34. The zero-order chi connectivity index (χ0) is 15.8. The van der Waals surface area contributed by atoms with Crippen LogP contribution in [0.4, 0.5) is 0 Å². The first-order chi connectivity index (χ1) is 9.68. The number of hydrogen-bond acceptors (Lipinski definition) is 3. The van der Waals surface area contributed by atoms with Gasteiger partial charge in [0, 0.05) is 19.0 Å². The topological polar surface area (TPSA) is 57.6 Å². The van der Waals surface area contributed by atoms with E-state index in [9.17, 15) is 13.5 Å². The minimum Gasteiger partial charge on any atom is -0.388 e. The van der Waals surface area contributed by atoms with Gasteiger partial charge in [0.25, 0.3) is 0 Å². The van der Waals surface area contributed by atoms with Crippen molar-refractivity contribution >= 4 is 10.0 Å². The number of hydrogen-bond donors (Lipinski definition) is 1. The predicted octanol–water partition coefficient (Wildman–Crippen LogP) is 2.33. The number of rotatable bonds is 4. The monoisotopic (exact) mass is 309 g/mol. The molecule has 2 atom stereocenters. The van der Waals surface area contributed by atoms with Crippen LogP contribution in [0.5, 0.6) is 0 Å². The molecule has 1 heterocycles. The zero-order valence-corrected chi connectivity index (χ0v) is 13.7. The Labute approximate surface area is 127 Å². The minimum atomic E-state index is -3.57. The van der Waals surface area contributed by atoms with Crippen LogP contribution in [-0.4, -0.2) is 36.5 Å². The Morgan fingerprint density at radius 2 is 2.00 bits per heavy atom. The van der Waals surface area contributed by atoms with E-state index in [0.29, 0.717) is 0 Å². The van der Waals surface area contributed by atoms with Gasteiger partial charge in [-0.25, -0.2) is 8.42 Å². The number of aliphatic hydroxyl groups is 1. The van der Waals surface area contributed by atoms with Crippen LogP contribution in [0.1, 0.15) is 25.8 Å². The molecule has 21 heavy (non-hydrogen) atoms. The predicted molar refractivity (Wildman–Crippen MR) is 83.5 cm³/mol. The van der Waals surface area contributed by atoms with Crippen molar-refractivity contribution < 1.29 is 13.5 Å². The minimum absolute atomic E-state index is 0.104. The Kier molecular flexibility index (Phi) is 4.29. The maximum absolute atomic E-state index is 12.7. The second-order valence-electron chi connectivity index (χ2n) is 6.03. The average molecular weight is 309 g/mol. The molecule has 1 aromatic rings. The molecule has 2 rings (SSSR count). The number of sulfonamides is 1. The number of nitrogens with zero attached hydrogens (tertiary/aromatic N) is 1. The highest BCUT2D eigenvalue weighted by molar-refractivity contribution is 7.89. The molecule has 0 aromatic heterocycles. The van der Waals surface area contributed by atoms with Crippen molar-refractivity contribution in [3.8, 4) is 0 Å². The van der Waals surface area contributed by atoms with E-state index in [0.717, 1.165) is 17.6 Å². The van der Waals surface area contributed by atoms with E-state index in [1.165, 1.54) is 4.31 Å². The van der Waals surface area contributed by atoms with E-state index in [-0.39, 0.29) is 23.9 Å². The molecule has 1 N–H and O–H groups in total. The van der Waals surface area contributed by atoms with Crippen molar-refractivity contribution in [3.05, 3.63) is 42.0 Å². The second kappa shape index (κ2) is 5.55. The molecule has 0 amide bonds. The summed E-state index contributed by atoms with van der Waals surface area (Å²) >= 11 is 0. The lowest BCUT2D eigenvalue weighted by molar-refractivity contribution is 0.0456. The Morgan fingerprint density at radius 1 is 1.43 bits per heavy atom. The smallest absolute Gasteiger partial charge is 0.243 e. The van der Waals surface area contributed by atoms with Gasteiger partial charge >= 0.3 is 0 Å². The highest BCUT2D eigenvalue weighted by Crippen LogP contribution is 2.36. The molecule has 0 bridgehead atoms. The van der Waals surface area contributed by atoms with Crippen LogP contribution in [0.15, 0.2) is 41.3 Å². The molecule has 0 unspecified atom stereocenters. The Morgan fingerprint density at radius 3 is 2.52 bits per heavy atom.